The van der Waals surface area contributed by atoms with Crippen LogP contribution < -0.4 is 5.32 Å². The van der Waals surface area contributed by atoms with Crippen LogP contribution in [-0.4, -0.2) is 48.7 Å². The van der Waals surface area contributed by atoms with E-state index in [9.17, 15) is 4.79 Å². The molecule has 2 aliphatic rings. The molecule has 128 valence electrons. The SMILES string of the molecule is O=C(O)CCCCN1CCC(CCCC2CCNCC2)CC1. The van der Waals surface area contributed by atoms with E-state index < -0.39 is 5.97 Å². The smallest absolute Gasteiger partial charge is 0.303 e. The van der Waals surface area contributed by atoms with E-state index >= 15 is 0 Å². The number of hydrogen-bond donors (Lipinski definition) is 2. The second kappa shape index (κ2) is 10.2. The Morgan fingerprint density at radius 2 is 1.59 bits per heavy atom. The standard InChI is InChI=1S/C18H34N2O2/c21-18(22)6-1-2-13-20-14-9-17(10-15-20)5-3-4-16-7-11-19-12-8-16/h16-17,19H,1-15H2,(H,21,22). The predicted molar refractivity (Wildman–Crippen MR) is 90.1 cm³/mol. The van der Waals surface area contributed by atoms with Crippen LogP contribution in [0.1, 0.15) is 64.2 Å². The van der Waals surface area contributed by atoms with Gasteiger partial charge in [0.15, 0.2) is 0 Å². The first-order valence-corrected chi connectivity index (χ1v) is 9.39. The molecule has 2 saturated heterocycles. The molecule has 0 unspecified atom stereocenters. The highest BCUT2D eigenvalue weighted by atomic mass is 16.4. The molecule has 4 nitrogen and oxygen atoms in total. The number of hydrogen-bond acceptors (Lipinski definition) is 3. The van der Waals surface area contributed by atoms with Crippen LogP contribution in [0.15, 0.2) is 0 Å². The maximum absolute atomic E-state index is 10.5. The van der Waals surface area contributed by atoms with Gasteiger partial charge in [0.1, 0.15) is 0 Å². The van der Waals surface area contributed by atoms with E-state index in [0.717, 1.165) is 31.2 Å². The summed E-state index contributed by atoms with van der Waals surface area (Å²) < 4.78 is 0. The van der Waals surface area contributed by atoms with Crippen LogP contribution in [0.4, 0.5) is 0 Å². The van der Waals surface area contributed by atoms with Crippen molar-refractivity contribution in [1.29, 1.82) is 0 Å². The highest BCUT2D eigenvalue weighted by molar-refractivity contribution is 5.66. The van der Waals surface area contributed by atoms with E-state index in [1.807, 2.05) is 0 Å². The van der Waals surface area contributed by atoms with Gasteiger partial charge in [-0.2, -0.15) is 0 Å². The van der Waals surface area contributed by atoms with Gasteiger partial charge < -0.3 is 15.3 Å². The molecule has 0 amide bonds. The van der Waals surface area contributed by atoms with Gasteiger partial charge in [0.2, 0.25) is 0 Å². The molecule has 0 aromatic heterocycles. The van der Waals surface area contributed by atoms with Gasteiger partial charge in [-0.05, 0) is 83.1 Å². The van der Waals surface area contributed by atoms with Crippen LogP contribution in [0.3, 0.4) is 0 Å². The minimum absolute atomic E-state index is 0.327. The van der Waals surface area contributed by atoms with Crippen LogP contribution in [0.2, 0.25) is 0 Å². The van der Waals surface area contributed by atoms with Crippen molar-refractivity contribution in [3.8, 4) is 0 Å². The number of nitrogens with zero attached hydrogens (tertiary/aromatic N) is 1. The summed E-state index contributed by atoms with van der Waals surface area (Å²) in [5.74, 6) is 1.26. The van der Waals surface area contributed by atoms with E-state index in [4.69, 9.17) is 5.11 Å². The fourth-order valence-electron chi connectivity index (χ4n) is 3.98. The van der Waals surface area contributed by atoms with E-state index in [0.29, 0.717) is 6.42 Å². The highest BCUT2D eigenvalue weighted by Gasteiger charge is 2.19. The van der Waals surface area contributed by atoms with Gasteiger partial charge in [0, 0.05) is 6.42 Å². The number of unbranched alkanes of at least 4 members (excludes halogenated alkanes) is 1. The Hall–Kier alpha value is -0.610. The van der Waals surface area contributed by atoms with Gasteiger partial charge in [-0.1, -0.05) is 19.3 Å². The lowest BCUT2D eigenvalue weighted by Crippen LogP contribution is -2.34. The Bertz CT molecular complexity index is 308. The first kappa shape index (κ1) is 17.7. The summed E-state index contributed by atoms with van der Waals surface area (Å²) in [6.45, 7) is 6.00. The van der Waals surface area contributed by atoms with E-state index in [2.05, 4.69) is 10.2 Å². The van der Waals surface area contributed by atoms with Crippen LogP contribution in [0.25, 0.3) is 0 Å². The lowest BCUT2D eigenvalue weighted by Gasteiger charge is -2.32. The van der Waals surface area contributed by atoms with Crippen molar-refractivity contribution in [1.82, 2.24) is 10.2 Å². The van der Waals surface area contributed by atoms with Gasteiger partial charge in [0.05, 0.1) is 0 Å². The number of carboxylic acids is 1. The molecular formula is C18H34N2O2. The number of nitrogens with one attached hydrogen (secondary N) is 1. The molecule has 0 spiro atoms. The quantitative estimate of drug-likeness (QED) is 0.643. The largest absolute Gasteiger partial charge is 0.481 e. The molecule has 0 atom stereocenters. The third-order valence-corrected chi connectivity index (χ3v) is 5.51. The molecule has 0 aromatic carbocycles. The van der Waals surface area contributed by atoms with Gasteiger partial charge >= 0.3 is 5.97 Å². The molecule has 0 saturated carbocycles. The Labute approximate surface area is 135 Å². The monoisotopic (exact) mass is 310 g/mol. The zero-order chi connectivity index (χ0) is 15.6. The highest BCUT2D eigenvalue weighted by Crippen LogP contribution is 2.26. The Morgan fingerprint density at radius 3 is 2.23 bits per heavy atom. The van der Waals surface area contributed by atoms with E-state index in [1.165, 1.54) is 71.1 Å². The molecule has 4 heteroatoms. The summed E-state index contributed by atoms with van der Waals surface area (Å²) >= 11 is 0. The fourth-order valence-corrected chi connectivity index (χ4v) is 3.98. The molecule has 0 bridgehead atoms. The Morgan fingerprint density at radius 1 is 0.955 bits per heavy atom. The molecule has 2 N–H and O–H groups in total. The topological polar surface area (TPSA) is 52.6 Å². The van der Waals surface area contributed by atoms with Gasteiger partial charge in [0.25, 0.3) is 0 Å². The third kappa shape index (κ3) is 7.10. The van der Waals surface area contributed by atoms with Crippen LogP contribution in [0.5, 0.6) is 0 Å². The second-order valence-corrected chi connectivity index (χ2v) is 7.26. The minimum Gasteiger partial charge on any atom is -0.481 e. The van der Waals surface area contributed by atoms with Crippen LogP contribution in [0, 0.1) is 11.8 Å². The molecule has 2 fully saturated rings. The minimum atomic E-state index is -0.660. The summed E-state index contributed by atoms with van der Waals surface area (Å²) in [5.41, 5.74) is 0. The third-order valence-electron chi connectivity index (χ3n) is 5.51. The summed E-state index contributed by atoms with van der Waals surface area (Å²) in [6, 6.07) is 0. The summed E-state index contributed by atoms with van der Waals surface area (Å²) in [6.07, 6.45) is 12.0. The number of aliphatic carboxylic acids is 1. The van der Waals surface area contributed by atoms with Crippen molar-refractivity contribution in [2.45, 2.75) is 64.2 Å². The van der Waals surface area contributed by atoms with Crippen molar-refractivity contribution >= 4 is 5.97 Å². The molecule has 2 heterocycles. The van der Waals surface area contributed by atoms with Gasteiger partial charge in [-0.25, -0.2) is 0 Å². The fraction of sp³-hybridized carbons (Fsp3) is 0.944. The number of piperidine rings is 2. The number of likely N-dealkylation sites (tertiary alicyclic amines) is 1. The lowest BCUT2D eigenvalue weighted by molar-refractivity contribution is -0.137. The Kier molecular flexibility index (Phi) is 8.24. The molecule has 0 radical (unpaired) electrons. The predicted octanol–water partition coefficient (Wildman–Crippen LogP) is 3.12. The van der Waals surface area contributed by atoms with Crippen LogP contribution in [-0.2, 0) is 4.79 Å². The van der Waals surface area contributed by atoms with E-state index in [-0.39, 0.29) is 0 Å². The van der Waals surface area contributed by atoms with Crippen molar-refractivity contribution in [2.24, 2.45) is 11.8 Å². The number of carboxylic acid groups (broad SMARTS) is 1. The van der Waals surface area contributed by atoms with E-state index in [1.54, 1.807) is 0 Å². The van der Waals surface area contributed by atoms with Crippen molar-refractivity contribution < 1.29 is 9.90 Å². The van der Waals surface area contributed by atoms with Crippen molar-refractivity contribution in [3.63, 3.8) is 0 Å². The first-order chi connectivity index (χ1) is 10.7. The summed E-state index contributed by atoms with van der Waals surface area (Å²) in [4.78, 5) is 13.0. The van der Waals surface area contributed by atoms with Crippen LogP contribution >= 0.6 is 0 Å². The summed E-state index contributed by atoms with van der Waals surface area (Å²) in [5, 5.41) is 12.1. The zero-order valence-corrected chi connectivity index (χ0v) is 14.1. The maximum Gasteiger partial charge on any atom is 0.303 e. The second-order valence-electron chi connectivity index (χ2n) is 7.26. The average molecular weight is 310 g/mol. The lowest BCUT2D eigenvalue weighted by atomic mass is 9.87. The zero-order valence-electron chi connectivity index (χ0n) is 14.1. The molecule has 2 rings (SSSR count). The van der Waals surface area contributed by atoms with Crippen molar-refractivity contribution in [3.05, 3.63) is 0 Å². The Balaban J connectivity index is 1.47. The number of carbonyl (C=O) groups is 1. The molecule has 2 aliphatic heterocycles. The maximum atomic E-state index is 10.5. The molecule has 22 heavy (non-hydrogen) atoms. The first-order valence-electron chi connectivity index (χ1n) is 9.39. The van der Waals surface area contributed by atoms with Gasteiger partial charge in [-0.3, -0.25) is 4.79 Å². The molecule has 0 aromatic rings. The van der Waals surface area contributed by atoms with Crippen molar-refractivity contribution in [2.75, 3.05) is 32.7 Å². The average Bonchev–Trinajstić information content (AvgIpc) is 2.54. The normalized spacial score (nSPS) is 22.0. The molecule has 0 aliphatic carbocycles. The van der Waals surface area contributed by atoms with Gasteiger partial charge in [-0.15, -0.1) is 0 Å². The number of rotatable bonds is 9. The summed E-state index contributed by atoms with van der Waals surface area (Å²) in [7, 11) is 0. The molecular weight excluding hydrogens is 276 g/mol.